The zero-order valence-corrected chi connectivity index (χ0v) is 9.70. The second-order valence-corrected chi connectivity index (χ2v) is 3.78. The summed E-state index contributed by atoms with van der Waals surface area (Å²) >= 11 is 0. The average molecular weight is 221 g/mol. The second-order valence-electron chi connectivity index (χ2n) is 3.78. The number of aliphatic hydroxyl groups is 1. The molecule has 3 heteroatoms. The minimum absolute atomic E-state index is 0.0118. The van der Waals surface area contributed by atoms with Gasteiger partial charge in [0.1, 0.15) is 0 Å². The van der Waals surface area contributed by atoms with Gasteiger partial charge in [-0.15, -0.1) is 0 Å². The normalized spacial score (nSPS) is 10.1. The lowest BCUT2D eigenvalue weighted by molar-refractivity contribution is -0.116. The standard InChI is InChI=1S/C13H19NO2/c1-2-11-6-8-12(9-7-11)14-13(16)5-3-4-10-15/h6-9,15H,2-5,10H2,1H3,(H,14,16). The van der Waals surface area contributed by atoms with E-state index in [0.29, 0.717) is 12.8 Å². The number of carbonyl (C=O) groups is 1. The van der Waals surface area contributed by atoms with Gasteiger partial charge in [0.15, 0.2) is 0 Å². The van der Waals surface area contributed by atoms with E-state index in [0.717, 1.165) is 18.5 Å². The monoisotopic (exact) mass is 221 g/mol. The number of anilines is 1. The van der Waals surface area contributed by atoms with Crippen LogP contribution in [0.2, 0.25) is 0 Å². The fourth-order valence-electron chi connectivity index (χ4n) is 1.44. The number of aryl methyl sites for hydroxylation is 1. The largest absolute Gasteiger partial charge is 0.396 e. The van der Waals surface area contributed by atoms with Crippen molar-refractivity contribution >= 4 is 11.6 Å². The molecule has 1 aromatic carbocycles. The molecule has 0 saturated carbocycles. The zero-order valence-electron chi connectivity index (χ0n) is 9.70. The van der Waals surface area contributed by atoms with Crippen LogP contribution in [-0.4, -0.2) is 17.6 Å². The first-order valence-corrected chi connectivity index (χ1v) is 5.76. The van der Waals surface area contributed by atoms with E-state index in [2.05, 4.69) is 12.2 Å². The van der Waals surface area contributed by atoms with Gasteiger partial charge in [0.2, 0.25) is 5.91 Å². The van der Waals surface area contributed by atoms with E-state index in [4.69, 9.17) is 5.11 Å². The SMILES string of the molecule is CCc1ccc(NC(=O)CCCCO)cc1. The van der Waals surface area contributed by atoms with E-state index in [1.54, 1.807) is 0 Å². The molecule has 0 heterocycles. The smallest absolute Gasteiger partial charge is 0.224 e. The third-order valence-electron chi connectivity index (χ3n) is 2.46. The fraction of sp³-hybridized carbons (Fsp3) is 0.462. The van der Waals surface area contributed by atoms with Gasteiger partial charge in [0.25, 0.3) is 0 Å². The molecule has 1 aromatic rings. The van der Waals surface area contributed by atoms with Crippen LogP contribution in [0.1, 0.15) is 31.7 Å². The quantitative estimate of drug-likeness (QED) is 0.724. The molecule has 1 rings (SSSR count). The summed E-state index contributed by atoms with van der Waals surface area (Å²) in [6.07, 6.45) is 2.89. The highest BCUT2D eigenvalue weighted by atomic mass is 16.2. The van der Waals surface area contributed by atoms with Crippen LogP contribution in [0.4, 0.5) is 5.69 Å². The Labute approximate surface area is 96.5 Å². The van der Waals surface area contributed by atoms with Crippen molar-refractivity contribution in [1.29, 1.82) is 0 Å². The van der Waals surface area contributed by atoms with E-state index in [1.807, 2.05) is 24.3 Å². The summed E-state index contributed by atoms with van der Waals surface area (Å²) in [5, 5.41) is 11.4. The lowest BCUT2D eigenvalue weighted by atomic mass is 10.1. The van der Waals surface area contributed by atoms with Crippen LogP contribution in [-0.2, 0) is 11.2 Å². The number of hydrogen-bond donors (Lipinski definition) is 2. The Bertz CT molecular complexity index is 319. The van der Waals surface area contributed by atoms with Crippen LogP contribution in [0.25, 0.3) is 0 Å². The third-order valence-corrected chi connectivity index (χ3v) is 2.46. The van der Waals surface area contributed by atoms with Crippen molar-refractivity contribution in [2.45, 2.75) is 32.6 Å². The third kappa shape index (κ3) is 4.45. The zero-order chi connectivity index (χ0) is 11.8. The average Bonchev–Trinajstić information content (AvgIpc) is 2.30. The number of unbranched alkanes of at least 4 members (excludes halogenated alkanes) is 1. The van der Waals surface area contributed by atoms with Crippen molar-refractivity contribution in [3.63, 3.8) is 0 Å². The predicted molar refractivity (Wildman–Crippen MR) is 65.4 cm³/mol. The van der Waals surface area contributed by atoms with Crippen LogP contribution in [0.3, 0.4) is 0 Å². The first kappa shape index (κ1) is 12.7. The Morgan fingerprint density at radius 3 is 2.50 bits per heavy atom. The maximum atomic E-state index is 11.4. The second kappa shape index (κ2) is 7.01. The van der Waals surface area contributed by atoms with Crippen LogP contribution in [0.15, 0.2) is 24.3 Å². The summed E-state index contributed by atoms with van der Waals surface area (Å²) in [7, 11) is 0. The summed E-state index contributed by atoms with van der Waals surface area (Å²) in [5.41, 5.74) is 2.10. The van der Waals surface area contributed by atoms with Gasteiger partial charge in [-0.25, -0.2) is 0 Å². The predicted octanol–water partition coefficient (Wildman–Crippen LogP) is 2.35. The van der Waals surface area contributed by atoms with Crippen molar-refractivity contribution in [1.82, 2.24) is 0 Å². The Hall–Kier alpha value is -1.35. The van der Waals surface area contributed by atoms with Gasteiger partial charge < -0.3 is 10.4 Å². The van der Waals surface area contributed by atoms with Gasteiger partial charge in [-0.1, -0.05) is 19.1 Å². The maximum Gasteiger partial charge on any atom is 0.224 e. The summed E-state index contributed by atoms with van der Waals surface area (Å²) in [6.45, 7) is 2.25. The summed E-state index contributed by atoms with van der Waals surface area (Å²) < 4.78 is 0. The van der Waals surface area contributed by atoms with E-state index in [1.165, 1.54) is 5.56 Å². The molecule has 3 nitrogen and oxygen atoms in total. The molecule has 0 saturated heterocycles. The first-order valence-electron chi connectivity index (χ1n) is 5.76. The molecule has 0 radical (unpaired) electrons. The van der Waals surface area contributed by atoms with Crippen molar-refractivity contribution in [2.24, 2.45) is 0 Å². The van der Waals surface area contributed by atoms with Crippen LogP contribution in [0.5, 0.6) is 0 Å². The number of hydrogen-bond acceptors (Lipinski definition) is 2. The number of benzene rings is 1. The Morgan fingerprint density at radius 2 is 1.94 bits per heavy atom. The molecular formula is C13H19NO2. The van der Waals surface area contributed by atoms with Gasteiger partial charge in [-0.2, -0.15) is 0 Å². The van der Waals surface area contributed by atoms with E-state index >= 15 is 0 Å². The number of carbonyl (C=O) groups excluding carboxylic acids is 1. The molecule has 0 aliphatic rings. The molecule has 0 aliphatic heterocycles. The van der Waals surface area contributed by atoms with Crippen molar-refractivity contribution in [3.8, 4) is 0 Å². The van der Waals surface area contributed by atoms with Crippen LogP contribution >= 0.6 is 0 Å². The molecule has 2 N–H and O–H groups in total. The Balaban J connectivity index is 2.37. The van der Waals surface area contributed by atoms with Crippen molar-refractivity contribution in [2.75, 3.05) is 11.9 Å². The van der Waals surface area contributed by atoms with E-state index in [-0.39, 0.29) is 12.5 Å². The van der Waals surface area contributed by atoms with Crippen LogP contribution in [0, 0.1) is 0 Å². The number of rotatable bonds is 6. The lowest BCUT2D eigenvalue weighted by Crippen LogP contribution is -2.11. The van der Waals surface area contributed by atoms with Gasteiger partial charge in [0, 0.05) is 18.7 Å². The maximum absolute atomic E-state index is 11.4. The summed E-state index contributed by atoms with van der Waals surface area (Å²) in [6, 6.07) is 7.87. The summed E-state index contributed by atoms with van der Waals surface area (Å²) in [4.78, 5) is 11.4. The van der Waals surface area contributed by atoms with Gasteiger partial charge in [0.05, 0.1) is 0 Å². The van der Waals surface area contributed by atoms with E-state index in [9.17, 15) is 4.79 Å². The number of amides is 1. The molecule has 16 heavy (non-hydrogen) atoms. The summed E-state index contributed by atoms with van der Waals surface area (Å²) in [5.74, 6) is 0.0118. The fourth-order valence-corrected chi connectivity index (χ4v) is 1.44. The molecular weight excluding hydrogens is 202 g/mol. The van der Waals surface area contributed by atoms with E-state index < -0.39 is 0 Å². The van der Waals surface area contributed by atoms with Crippen molar-refractivity contribution in [3.05, 3.63) is 29.8 Å². The topological polar surface area (TPSA) is 49.3 Å². The molecule has 0 atom stereocenters. The highest BCUT2D eigenvalue weighted by molar-refractivity contribution is 5.90. The van der Waals surface area contributed by atoms with Crippen LogP contribution < -0.4 is 5.32 Å². The number of nitrogens with one attached hydrogen (secondary N) is 1. The van der Waals surface area contributed by atoms with Crippen molar-refractivity contribution < 1.29 is 9.90 Å². The molecule has 0 spiro atoms. The first-order chi connectivity index (χ1) is 7.76. The molecule has 1 amide bonds. The van der Waals surface area contributed by atoms with Gasteiger partial charge in [-0.05, 0) is 37.0 Å². The molecule has 0 aliphatic carbocycles. The molecule has 0 fully saturated rings. The van der Waals surface area contributed by atoms with Gasteiger partial charge in [-0.3, -0.25) is 4.79 Å². The van der Waals surface area contributed by atoms with Gasteiger partial charge >= 0.3 is 0 Å². The Kier molecular flexibility index (Phi) is 5.57. The molecule has 0 aromatic heterocycles. The minimum atomic E-state index is 0.0118. The highest BCUT2D eigenvalue weighted by Crippen LogP contribution is 2.10. The lowest BCUT2D eigenvalue weighted by Gasteiger charge is -2.05. The molecule has 0 bridgehead atoms. The molecule has 0 unspecified atom stereocenters. The highest BCUT2D eigenvalue weighted by Gasteiger charge is 2.01. The number of aliphatic hydroxyl groups excluding tert-OH is 1. The molecule has 88 valence electrons. The minimum Gasteiger partial charge on any atom is -0.396 e. The Morgan fingerprint density at radius 1 is 1.25 bits per heavy atom.